The van der Waals surface area contributed by atoms with E-state index in [1.807, 2.05) is 0 Å². The first-order chi connectivity index (χ1) is 8.16. The van der Waals surface area contributed by atoms with Gasteiger partial charge in [0.2, 0.25) is 0 Å². The van der Waals surface area contributed by atoms with Crippen molar-refractivity contribution < 1.29 is 4.79 Å². The van der Waals surface area contributed by atoms with Crippen molar-refractivity contribution in [2.75, 3.05) is 13.1 Å². The Bertz CT molecular complexity index is 408. The molecule has 17 heavy (non-hydrogen) atoms. The van der Waals surface area contributed by atoms with Crippen LogP contribution in [0.3, 0.4) is 0 Å². The molecule has 3 nitrogen and oxygen atoms in total. The van der Waals surface area contributed by atoms with Crippen LogP contribution < -0.4 is 10.6 Å². The first-order valence-electron chi connectivity index (χ1n) is 5.94. The van der Waals surface area contributed by atoms with E-state index in [0.29, 0.717) is 16.5 Å². The van der Waals surface area contributed by atoms with Crippen LogP contribution in [0, 0.1) is 5.92 Å². The first kappa shape index (κ1) is 12.4. The Morgan fingerprint density at radius 3 is 3.06 bits per heavy atom. The highest BCUT2D eigenvalue weighted by Crippen LogP contribution is 2.14. The lowest BCUT2D eigenvalue weighted by atomic mass is 9.94. The van der Waals surface area contributed by atoms with Crippen molar-refractivity contribution in [1.82, 2.24) is 10.6 Å². The summed E-state index contributed by atoms with van der Waals surface area (Å²) < 4.78 is 0. The summed E-state index contributed by atoms with van der Waals surface area (Å²) in [5, 5.41) is 6.93. The number of rotatable bonds is 2. The molecular weight excluding hydrogens is 236 g/mol. The van der Waals surface area contributed by atoms with Gasteiger partial charge in [0.25, 0.3) is 5.91 Å². The topological polar surface area (TPSA) is 41.1 Å². The Balaban J connectivity index is 2.01. The van der Waals surface area contributed by atoms with Gasteiger partial charge in [-0.2, -0.15) is 0 Å². The van der Waals surface area contributed by atoms with E-state index >= 15 is 0 Å². The predicted octanol–water partition coefficient (Wildman–Crippen LogP) is 2.07. The summed E-state index contributed by atoms with van der Waals surface area (Å²) in [6, 6.07) is 7.23. The maximum Gasteiger partial charge on any atom is 0.251 e. The molecule has 0 aliphatic carbocycles. The highest BCUT2D eigenvalue weighted by Gasteiger charge is 2.22. The van der Waals surface area contributed by atoms with Gasteiger partial charge in [0.1, 0.15) is 0 Å². The third-order valence-corrected chi connectivity index (χ3v) is 3.47. The summed E-state index contributed by atoms with van der Waals surface area (Å²) in [6.07, 6.45) is 1.10. The smallest absolute Gasteiger partial charge is 0.251 e. The normalized spacial score (nSPS) is 24.4. The van der Waals surface area contributed by atoms with Crippen LogP contribution in [0.4, 0.5) is 0 Å². The summed E-state index contributed by atoms with van der Waals surface area (Å²) in [6.45, 7) is 4.04. The van der Waals surface area contributed by atoms with Crippen LogP contribution >= 0.6 is 11.6 Å². The molecule has 0 bridgehead atoms. The molecular formula is C13H17ClN2O. The van der Waals surface area contributed by atoms with E-state index in [-0.39, 0.29) is 11.9 Å². The number of benzene rings is 1. The fourth-order valence-corrected chi connectivity index (χ4v) is 2.25. The first-order valence-corrected chi connectivity index (χ1v) is 6.32. The number of carbonyl (C=O) groups is 1. The second-order valence-corrected chi connectivity index (χ2v) is 5.00. The largest absolute Gasteiger partial charge is 0.348 e. The van der Waals surface area contributed by atoms with Gasteiger partial charge in [-0.1, -0.05) is 24.6 Å². The average Bonchev–Trinajstić information content (AvgIpc) is 2.32. The van der Waals surface area contributed by atoms with Crippen LogP contribution in [0.2, 0.25) is 5.02 Å². The maximum atomic E-state index is 12.0. The standard InChI is InChI=1S/C13H17ClN2O/c1-9-5-6-15-8-12(9)16-13(17)10-3-2-4-11(14)7-10/h2-4,7,9,12,15H,5-6,8H2,1H3,(H,16,17). The van der Waals surface area contributed by atoms with Crippen LogP contribution in [0.1, 0.15) is 23.7 Å². The van der Waals surface area contributed by atoms with Crippen LogP contribution in [0.25, 0.3) is 0 Å². The minimum Gasteiger partial charge on any atom is -0.348 e. The zero-order chi connectivity index (χ0) is 12.3. The van der Waals surface area contributed by atoms with Crippen molar-refractivity contribution >= 4 is 17.5 Å². The molecule has 2 N–H and O–H groups in total. The molecule has 4 heteroatoms. The van der Waals surface area contributed by atoms with Crippen LogP contribution in [-0.2, 0) is 0 Å². The van der Waals surface area contributed by atoms with Crippen LogP contribution in [0.5, 0.6) is 0 Å². The van der Waals surface area contributed by atoms with Gasteiger partial charge in [0.05, 0.1) is 0 Å². The number of halogens is 1. The number of hydrogen-bond donors (Lipinski definition) is 2. The molecule has 0 spiro atoms. The zero-order valence-electron chi connectivity index (χ0n) is 9.87. The summed E-state index contributed by atoms with van der Waals surface area (Å²) in [4.78, 5) is 12.0. The van der Waals surface area contributed by atoms with Crippen LogP contribution in [-0.4, -0.2) is 25.0 Å². The monoisotopic (exact) mass is 252 g/mol. The van der Waals surface area contributed by atoms with Crippen molar-refractivity contribution in [1.29, 1.82) is 0 Å². The highest BCUT2D eigenvalue weighted by molar-refractivity contribution is 6.30. The molecule has 1 fully saturated rings. The molecule has 0 saturated carbocycles. The quantitative estimate of drug-likeness (QED) is 0.846. The van der Waals surface area contributed by atoms with E-state index in [1.54, 1.807) is 24.3 Å². The molecule has 2 atom stereocenters. The molecule has 1 aromatic carbocycles. The van der Waals surface area contributed by atoms with Gasteiger partial charge in [0.15, 0.2) is 0 Å². The predicted molar refractivity (Wildman–Crippen MR) is 69.4 cm³/mol. The summed E-state index contributed by atoms with van der Waals surface area (Å²) in [5.74, 6) is 0.465. The molecule has 1 amide bonds. The number of piperidine rings is 1. The van der Waals surface area contributed by atoms with E-state index in [9.17, 15) is 4.79 Å². The van der Waals surface area contributed by atoms with Gasteiger partial charge < -0.3 is 10.6 Å². The van der Waals surface area contributed by atoms with Gasteiger partial charge in [0, 0.05) is 23.2 Å². The number of amides is 1. The lowest BCUT2D eigenvalue weighted by Gasteiger charge is -2.30. The Labute approximate surface area is 107 Å². The number of carbonyl (C=O) groups excluding carboxylic acids is 1. The third-order valence-electron chi connectivity index (χ3n) is 3.23. The molecule has 1 aromatic rings. The van der Waals surface area contributed by atoms with Gasteiger partial charge in [-0.15, -0.1) is 0 Å². The number of hydrogen-bond acceptors (Lipinski definition) is 2. The third kappa shape index (κ3) is 3.20. The fourth-order valence-electron chi connectivity index (χ4n) is 2.06. The van der Waals surface area contributed by atoms with Gasteiger partial charge in [-0.3, -0.25) is 4.79 Å². The minimum absolute atomic E-state index is 0.0481. The van der Waals surface area contributed by atoms with Gasteiger partial charge >= 0.3 is 0 Å². The zero-order valence-corrected chi connectivity index (χ0v) is 10.6. The lowest BCUT2D eigenvalue weighted by Crippen LogP contribution is -2.50. The summed E-state index contributed by atoms with van der Waals surface area (Å²) in [7, 11) is 0. The van der Waals surface area contributed by atoms with E-state index < -0.39 is 0 Å². The van der Waals surface area contributed by atoms with Gasteiger partial charge in [-0.25, -0.2) is 0 Å². The highest BCUT2D eigenvalue weighted by atomic mass is 35.5. The number of nitrogens with one attached hydrogen (secondary N) is 2. The molecule has 0 aromatic heterocycles. The minimum atomic E-state index is -0.0481. The van der Waals surface area contributed by atoms with Crippen molar-refractivity contribution in [3.63, 3.8) is 0 Å². The second-order valence-electron chi connectivity index (χ2n) is 4.56. The van der Waals surface area contributed by atoms with Crippen LogP contribution in [0.15, 0.2) is 24.3 Å². The molecule has 2 unspecified atom stereocenters. The summed E-state index contributed by atoms with van der Waals surface area (Å²) >= 11 is 5.87. The van der Waals surface area contributed by atoms with Crippen molar-refractivity contribution in [3.05, 3.63) is 34.9 Å². The molecule has 92 valence electrons. The summed E-state index contributed by atoms with van der Waals surface area (Å²) in [5.41, 5.74) is 0.621. The van der Waals surface area contributed by atoms with E-state index in [4.69, 9.17) is 11.6 Å². The Kier molecular flexibility index (Phi) is 4.02. The molecule has 1 heterocycles. The molecule has 1 saturated heterocycles. The van der Waals surface area contributed by atoms with E-state index in [1.165, 1.54) is 0 Å². The Morgan fingerprint density at radius 2 is 2.35 bits per heavy atom. The van der Waals surface area contributed by atoms with Crippen molar-refractivity contribution in [3.8, 4) is 0 Å². The van der Waals surface area contributed by atoms with Crippen molar-refractivity contribution in [2.24, 2.45) is 5.92 Å². The molecule has 0 radical (unpaired) electrons. The van der Waals surface area contributed by atoms with E-state index in [0.717, 1.165) is 19.5 Å². The van der Waals surface area contributed by atoms with E-state index in [2.05, 4.69) is 17.6 Å². The molecule has 1 aliphatic heterocycles. The SMILES string of the molecule is CC1CCNCC1NC(=O)c1cccc(Cl)c1. The molecule has 1 aliphatic rings. The fraction of sp³-hybridized carbons (Fsp3) is 0.462. The Morgan fingerprint density at radius 1 is 1.53 bits per heavy atom. The Hall–Kier alpha value is -1.06. The maximum absolute atomic E-state index is 12.0. The second kappa shape index (κ2) is 5.52. The van der Waals surface area contributed by atoms with Crippen molar-refractivity contribution in [2.45, 2.75) is 19.4 Å². The van der Waals surface area contributed by atoms with Gasteiger partial charge in [-0.05, 0) is 37.1 Å². The lowest BCUT2D eigenvalue weighted by molar-refractivity contribution is 0.0915. The average molecular weight is 253 g/mol. The molecule has 2 rings (SSSR count).